The van der Waals surface area contributed by atoms with Crippen LogP contribution in [0.25, 0.3) is 10.2 Å². The Balaban J connectivity index is 2.14. The average Bonchev–Trinajstić information content (AvgIpc) is 2.61. The first-order valence-electron chi connectivity index (χ1n) is 5.18. The fraction of sp³-hybridized carbons (Fsp3) is 0.417. The molecule has 0 amide bonds. The Hall–Kier alpha value is -0.930. The van der Waals surface area contributed by atoms with Gasteiger partial charge < -0.3 is 5.73 Å². The summed E-state index contributed by atoms with van der Waals surface area (Å²) < 4.78 is 1.24. The monoisotopic (exact) mass is 218 g/mol. The molecular formula is C12H14N2S. The summed E-state index contributed by atoms with van der Waals surface area (Å²) in [6, 6.07) is 8.22. The second-order valence-corrected chi connectivity index (χ2v) is 6.05. The first-order chi connectivity index (χ1) is 7.03. The van der Waals surface area contributed by atoms with Crippen molar-refractivity contribution in [2.75, 3.05) is 0 Å². The smallest absolute Gasteiger partial charge is 0.114 e. The molecule has 1 aliphatic carbocycles. The second kappa shape index (κ2) is 2.60. The van der Waals surface area contributed by atoms with E-state index < -0.39 is 0 Å². The molecule has 0 radical (unpaired) electrons. The van der Waals surface area contributed by atoms with Crippen LogP contribution in [0.4, 0.5) is 0 Å². The van der Waals surface area contributed by atoms with E-state index in [4.69, 9.17) is 5.73 Å². The number of fused-ring (bicyclic) bond motifs is 1. The lowest BCUT2D eigenvalue weighted by Gasteiger charge is -2.10. The van der Waals surface area contributed by atoms with E-state index in [1.54, 1.807) is 11.3 Å². The number of nitrogens with zero attached hydrogens (tertiary/aromatic N) is 1. The van der Waals surface area contributed by atoms with Gasteiger partial charge in [-0.2, -0.15) is 0 Å². The third-order valence-corrected chi connectivity index (χ3v) is 4.69. The predicted molar refractivity (Wildman–Crippen MR) is 63.9 cm³/mol. The van der Waals surface area contributed by atoms with Gasteiger partial charge >= 0.3 is 0 Å². The number of hydrogen-bond donors (Lipinski definition) is 1. The van der Waals surface area contributed by atoms with Gasteiger partial charge in [0.15, 0.2) is 0 Å². The van der Waals surface area contributed by atoms with Gasteiger partial charge in [-0.3, -0.25) is 0 Å². The lowest BCUT2D eigenvalue weighted by atomic mass is 10.1. The fourth-order valence-electron chi connectivity index (χ4n) is 2.08. The summed E-state index contributed by atoms with van der Waals surface area (Å²) in [5, 5.41) is 1.09. The Morgan fingerprint density at radius 1 is 1.33 bits per heavy atom. The number of rotatable bonds is 1. The predicted octanol–water partition coefficient (Wildman–Crippen LogP) is 2.88. The molecule has 1 saturated carbocycles. The number of para-hydroxylation sites is 1. The van der Waals surface area contributed by atoms with Crippen LogP contribution in [0.2, 0.25) is 0 Å². The third-order valence-electron chi connectivity index (χ3n) is 3.48. The average molecular weight is 218 g/mol. The van der Waals surface area contributed by atoms with Gasteiger partial charge in [0.2, 0.25) is 0 Å². The van der Waals surface area contributed by atoms with Crippen molar-refractivity contribution in [1.82, 2.24) is 4.98 Å². The van der Waals surface area contributed by atoms with E-state index in [9.17, 15) is 0 Å². The van der Waals surface area contributed by atoms with Crippen molar-refractivity contribution in [1.29, 1.82) is 0 Å². The van der Waals surface area contributed by atoms with Gasteiger partial charge in [-0.15, -0.1) is 11.3 Å². The lowest BCUT2D eigenvalue weighted by molar-refractivity contribution is 0.509. The molecule has 2 N–H and O–H groups in total. The molecule has 0 aliphatic heterocycles. The molecule has 1 heterocycles. The van der Waals surface area contributed by atoms with E-state index in [0.29, 0.717) is 0 Å². The molecule has 0 bridgehead atoms. The summed E-state index contributed by atoms with van der Waals surface area (Å²) >= 11 is 1.73. The Labute approximate surface area is 93.1 Å². The molecule has 0 saturated heterocycles. The highest BCUT2D eigenvalue weighted by atomic mass is 32.1. The van der Waals surface area contributed by atoms with Crippen LogP contribution in [-0.2, 0) is 5.54 Å². The number of nitrogens with two attached hydrogens (primary N) is 1. The molecule has 1 aliphatic rings. The molecule has 15 heavy (non-hydrogen) atoms. The Kier molecular flexibility index (Phi) is 1.61. The van der Waals surface area contributed by atoms with Crippen molar-refractivity contribution in [3.8, 4) is 0 Å². The standard InChI is InChI=1S/C12H14N2S/c1-11(2)7-12(11,13)10-14-8-5-3-4-6-9(8)15-10/h3-6H,7,13H2,1-2H3. The van der Waals surface area contributed by atoms with E-state index in [1.165, 1.54) is 4.70 Å². The van der Waals surface area contributed by atoms with E-state index in [-0.39, 0.29) is 11.0 Å². The van der Waals surface area contributed by atoms with Crippen molar-refractivity contribution in [3.63, 3.8) is 0 Å². The molecular weight excluding hydrogens is 204 g/mol. The van der Waals surface area contributed by atoms with E-state index in [1.807, 2.05) is 18.2 Å². The number of benzene rings is 1. The van der Waals surface area contributed by atoms with Gasteiger partial charge in [-0.1, -0.05) is 26.0 Å². The molecule has 1 atom stereocenters. The quantitative estimate of drug-likeness (QED) is 0.799. The maximum Gasteiger partial charge on any atom is 0.114 e. The van der Waals surface area contributed by atoms with Crippen LogP contribution in [0, 0.1) is 5.41 Å². The summed E-state index contributed by atoms with van der Waals surface area (Å²) in [6.45, 7) is 4.41. The number of hydrogen-bond acceptors (Lipinski definition) is 3. The minimum atomic E-state index is -0.184. The van der Waals surface area contributed by atoms with E-state index >= 15 is 0 Å². The molecule has 2 nitrogen and oxygen atoms in total. The minimum Gasteiger partial charge on any atom is -0.319 e. The topological polar surface area (TPSA) is 38.9 Å². The maximum atomic E-state index is 6.36. The van der Waals surface area contributed by atoms with Crippen molar-refractivity contribution in [2.24, 2.45) is 11.1 Å². The lowest BCUT2D eigenvalue weighted by Crippen LogP contribution is -2.25. The van der Waals surface area contributed by atoms with Gasteiger partial charge in [0.25, 0.3) is 0 Å². The van der Waals surface area contributed by atoms with Crippen molar-refractivity contribution < 1.29 is 0 Å². The Morgan fingerprint density at radius 3 is 2.60 bits per heavy atom. The summed E-state index contributed by atoms with van der Waals surface area (Å²) in [7, 11) is 0. The zero-order chi connectivity index (χ0) is 10.7. The molecule has 1 unspecified atom stereocenters. The second-order valence-electron chi connectivity index (χ2n) is 5.02. The van der Waals surface area contributed by atoms with Gasteiger partial charge in [0.1, 0.15) is 5.01 Å². The van der Waals surface area contributed by atoms with Gasteiger partial charge in [-0.25, -0.2) is 4.98 Å². The van der Waals surface area contributed by atoms with Crippen LogP contribution < -0.4 is 5.73 Å². The van der Waals surface area contributed by atoms with Crippen LogP contribution in [-0.4, -0.2) is 4.98 Å². The summed E-state index contributed by atoms with van der Waals surface area (Å²) in [4.78, 5) is 4.64. The molecule has 1 aromatic carbocycles. The molecule has 0 spiro atoms. The summed E-state index contributed by atoms with van der Waals surface area (Å²) in [5.41, 5.74) is 7.46. The van der Waals surface area contributed by atoms with Gasteiger partial charge in [0.05, 0.1) is 15.8 Å². The maximum absolute atomic E-state index is 6.36. The van der Waals surface area contributed by atoms with E-state index in [0.717, 1.165) is 16.9 Å². The molecule has 3 rings (SSSR count). The SMILES string of the molecule is CC1(C)CC1(N)c1nc2ccccc2s1. The molecule has 78 valence electrons. The normalized spacial score (nSPS) is 28.2. The van der Waals surface area contributed by atoms with Crippen LogP contribution in [0.1, 0.15) is 25.3 Å². The molecule has 1 fully saturated rings. The van der Waals surface area contributed by atoms with Crippen LogP contribution in [0.5, 0.6) is 0 Å². The highest BCUT2D eigenvalue weighted by Crippen LogP contribution is 2.61. The Morgan fingerprint density at radius 2 is 2.00 bits per heavy atom. The third kappa shape index (κ3) is 1.17. The summed E-state index contributed by atoms with van der Waals surface area (Å²) in [6.07, 6.45) is 1.04. The molecule has 3 heteroatoms. The van der Waals surface area contributed by atoms with Crippen molar-refractivity contribution >= 4 is 21.6 Å². The van der Waals surface area contributed by atoms with Crippen LogP contribution in [0.3, 0.4) is 0 Å². The minimum absolute atomic E-state index is 0.184. The van der Waals surface area contributed by atoms with Gasteiger partial charge in [-0.05, 0) is 24.0 Å². The highest BCUT2D eigenvalue weighted by Gasteiger charge is 2.61. The zero-order valence-electron chi connectivity index (χ0n) is 8.95. The highest BCUT2D eigenvalue weighted by molar-refractivity contribution is 7.18. The molecule has 1 aromatic heterocycles. The largest absolute Gasteiger partial charge is 0.319 e. The van der Waals surface area contributed by atoms with Crippen LogP contribution >= 0.6 is 11.3 Å². The van der Waals surface area contributed by atoms with Gasteiger partial charge in [0, 0.05) is 0 Å². The van der Waals surface area contributed by atoms with Crippen molar-refractivity contribution in [3.05, 3.63) is 29.3 Å². The molecule has 2 aromatic rings. The fourth-order valence-corrected chi connectivity index (χ4v) is 3.33. The Bertz CT molecular complexity index is 496. The first kappa shape index (κ1) is 9.31. The van der Waals surface area contributed by atoms with E-state index in [2.05, 4.69) is 24.9 Å². The number of aromatic nitrogens is 1. The van der Waals surface area contributed by atoms with Crippen LogP contribution in [0.15, 0.2) is 24.3 Å². The first-order valence-corrected chi connectivity index (χ1v) is 6.00. The number of thiazole rings is 1. The van der Waals surface area contributed by atoms with Crippen molar-refractivity contribution in [2.45, 2.75) is 25.8 Å². The summed E-state index contributed by atoms with van der Waals surface area (Å²) in [5.74, 6) is 0. The zero-order valence-corrected chi connectivity index (χ0v) is 9.77.